The molecule has 0 saturated carbocycles. The van der Waals surface area contributed by atoms with Crippen molar-refractivity contribution in [2.24, 2.45) is 0 Å². The smallest absolute Gasteiger partial charge is 0.237 e. The molecular formula is C23H28N4O2S. The zero-order valence-electron chi connectivity index (χ0n) is 17.7. The van der Waals surface area contributed by atoms with Crippen LogP contribution in [0.15, 0.2) is 65.8 Å². The van der Waals surface area contributed by atoms with Crippen LogP contribution in [0.1, 0.15) is 25.2 Å². The number of amides is 1. The zero-order valence-corrected chi connectivity index (χ0v) is 18.5. The fourth-order valence-electron chi connectivity index (χ4n) is 3.26. The van der Waals surface area contributed by atoms with Crippen LogP contribution in [0.25, 0.3) is 0 Å². The summed E-state index contributed by atoms with van der Waals surface area (Å²) in [7, 11) is 1.68. The lowest BCUT2D eigenvalue weighted by Gasteiger charge is -2.26. The molecule has 0 aliphatic heterocycles. The molecule has 3 rings (SSSR count). The minimum atomic E-state index is 0.0482. The molecule has 158 valence electrons. The molecule has 1 aromatic heterocycles. The van der Waals surface area contributed by atoms with Crippen molar-refractivity contribution in [3.05, 3.63) is 72.1 Å². The van der Waals surface area contributed by atoms with Gasteiger partial charge in [0.15, 0.2) is 5.16 Å². The van der Waals surface area contributed by atoms with Gasteiger partial charge in [0.25, 0.3) is 0 Å². The first-order valence-corrected chi connectivity index (χ1v) is 11.0. The van der Waals surface area contributed by atoms with Gasteiger partial charge in [0.2, 0.25) is 5.91 Å². The Balaban J connectivity index is 1.74. The number of nitrogens with zero attached hydrogens (tertiary/aromatic N) is 4. The van der Waals surface area contributed by atoms with Gasteiger partial charge in [-0.15, -0.1) is 10.2 Å². The van der Waals surface area contributed by atoms with Crippen LogP contribution in [0, 0.1) is 0 Å². The third-order valence-corrected chi connectivity index (χ3v) is 5.61. The highest BCUT2D eigenvalue weighted by molar-refractivity contribution is 7.99. The molecule has 0 atom stereocenters. The number of aromatic nitrogens is 3. The molecule has 0 unspecified atom stereocenters. The summed E-state index contributed by atoms with van der Waals surface area (Å²) in [5, 5.41) is 9.49. The van der Waals surface area contributed by atoms with E-state index >= 15 is 0 Å². The molecule has 0 aliphatic carbocycles. The van der Waals surface area contributed by atoms with Gasteiger partial charge in [-0.05, 0) is 31.5 Å². The van der Waals surface area contributed by atoms with Gasteiger partial charge in [-0.3, -0.25) is 4.79 Å². The van der Waals surface area contributed by atoms with Crippen molar-refractivity contribution < 1.29 is 9.53 Å². The van der Waals surface area contributed by atoms with Gasteiger partial charge in [-0.1, -0.05) is 60.3 Å². The number of anilines is 1. The summed E-state index contributed by atoms with van der Waals surface area (Å²) in [4.78, 5) is 14.8. The van der Waals surface area contributed by atoms with E-state index in [2.05, 4.69) is 26.9 Å². The fraction of sp³-hybridized carbons (Fsp3) is 0.348. The molecule has 7 heteroatoms. The van der Waals surface area contributed by atoms with Crippen LogP contribution in [-0.4, -0.2) is 46.2 Å². The Labute approximate surface area is 182 Å². The lowest BCUT2D eigenvalue weighted by molar-refractivity contribution is -0.116. The molecule has 0 bridgehead atoms. The van der Waals surface area contributed by atoms with E-state index in [9.17, 15) is 4.79 Å². The van der Waals surface area contributed by atoms with E-state index in [1.54, 1.807) is 7.11 Å². The molecule has 0 aliphatic rings. The summed E-state index contributed by atoms with van der Waals surface area (Å²) < 4.78 is 7.32. The predicted molar refractivity (Wildman–Crippen MR) is 121 cm³/mol. The van der Waals surface area contributed by atoms with Gasteiger partial charge in [0, 0.05) is 31.8 Å². The van der Waals surface area contributed by atoms with Gasteiger partial charge in [-0.2, -0.15) is 0 Å². The number of rotatable bonds is 10. The number of benzene rings is 2. The standard InChI is InChI=1S/C23H28N4O2S/c1-18(2)27(20-12-8-5-9-13-20)22(28)17-30-23-25-24-21(26(23)14-15-29-3)16-19-10-6-4-7-11-19/h4-13,18H,14-17H2,1-3H3. The lowest BCUT2D eigenvalue weighted by atomic mass is 10.1. The molecule has 0 saturated heterocycles. The first kappa shape index (κ1) is 22.1. The van der Waals surface area contributed by atoms with E-state index in [-0.39, 0.29) is 11.9 Å². The maximum absolute atomic E-state index is 13.0. The number of hydrogen-bond donors (Lipinski definition) is 0. The third-order valence-electron chi connectivity index (χ3n) is 4.66. The third kappa shape index (κ3) is 5.70. The minimum absolute atomic E-state index is 0.0482. The Morgan fingerprint density at radius 3 is 2.37 bits per heavy atom. The number of carbonyl (C=O) groups excluding carboxylic acids is 1. The quantitative estimate of drug-likeness (QED) is 0.460. The summed E-state index contributed by atoms with van der Waals surface area (Å²) in [5.41, 5.74) is 2.08. The van der Waals surface area contributed by atoms with Crippen molar-refractivity contribution in [1.82, 2.24) is 14.8 Å². The second-order valence-electron chi connectivity index (χ2n) is 7.19. The normalized spacial score (nSPS) is 11.1. The van der Waals surface area contributed by atoms with E-state index in [0.717, 1.165) is 16.7 Å². The summed E-state index contributed by atoms with van der Waals surface area (Å²) in [5.74, 6) is 1.22. The molecule has 1 heterocycles. The first-order chi connectivity index (χ1) is 14.6. The van der Waals surface area contributed by atoms with E-state index < -0.39 is 0 Å². The van der Waals surface area contributed by atoms with Gasteiger partial charge in [-0.25, -0.2) is 0 Å². The van der Waals surface area contributed by atoms with Crippen LogP contribution in [0.2, 0.25) is 0 Å². The number of thioether (sulfide) groups is 1. The molecule has 2 aromatic carbocycles. The summed E-state index contributed by atoms with van der Waals surface area (Å²) in [6.45, 7) is 5.25. The highest BCUT2D eigenvalue weighted by Crippen LogP contribution is 2.22. The Kier molecular flexibility index (Phi) is 8.04. The molecule has 1 amide bonds. The average Bonchev–Trinajstić information content (AvgIpc) is 3.13. The largest absolute Gasteiger partial charge is 0.383 e. The molecular weight excluding hydrogens is 396 g/mol. The zero-order chi connectivity index (χ0) is 21.3. The van der Waals surface area contributed by atoms with Gasteiger partial charge in [0.1, 0.15) is 5.82 Å². The van der Waals surface area contributed by atoms with Crippen molar-refractivity contribution in [3.63, 3.8) is 0 Å². The van der Waals surface area contributed by atoms with Gasteiger partial charge in [0.05, 0.1) is 12.4 Å². The van der Waals surface area contributed by atoms with Crippen LogP contribution in [0.5, 0.6) is 0 Å². The Bertz CT molecular complexity index is 929. The molecule has 0 fully saturated rings. The minimum Gasteiger partial charge on any atom is -0.383 e. The number of hydrogen-bond acceptors (Lipinski definition) is 5. The van der Waals surface area contributed by atoms with E-state index in [0.29, 0.717) is 25.3 Å². The maximum atomic E-state index is 13.0. The van der Waals surface area contributed by atoms with Crippen molar-refractivity contribution >= 4 is 23.4 Å². The second kappa shape index (κ2) is 10.9. The highest BCUT2D eigenvalue weighted by atomic mass is 32.2. The van der Waals surface area contributed by atoms with E-state index in [1.165, 1.54) is 17.3 Å². The Morgan fingerprint density at radius 2 is 1.73 bits per heavy atom. The predicted octanol–water partition coefficient (Wildman–Crippen LogP) is 4.05. The molecule has 0 radical (unpaired) electrons. The first-order valence-electron chi connectivity index (χ1n) is 10.0. The lowest BCUT2D eigenvalue weighted by Crippen LogP contribution is -2.38. The average molecular weight is 425 g/mol. The van der Waals surface area contributed by atoms with Crippen LogP contribution >= 0.6 is 11.8 Å². The Morgan fingerprint density at radius 1 is 1.07 bits per heavy atom. The summed E-state index contributed by atoms with van der Waals surface area (Å²) in [6.07, 6.45) is 0.689. The summed E-state index contributed by atoms with van der Waals surface area (Å²) >= 11 is 1.42. The van der Waals surface area contributed by atoms with Crippen molar-refractivity contribution in [2.45, 2.75) is 38.0 Å². The van der Waals surface area contributed by atoms with E-state index in [4.69, 9.17) is 4.74 Å². The van der Waals surface area contributed by atoms with Crippen molar-refractivity contribution in [3.8, 4) is 0 Å². The number of carbonyl (C=O) groups is 1. The van der Waals surface area contributed by atoms with Crippen LogP contribution in [0.3, 0.4) is 0 Å². The van der Waals surface area contributed by atoms with Crippen LogP contribution < -0.4 is 4.90 Å². The van der Waals surface area contributed by atoms with E-state index in [1.807, 2.05) is 67.3 Å². The molecule has 0 spiro atoms. The molecule has 30 heavy (non-hydrogen) atoms. The van der Waals surface area contributed by atoms with Crippen molar-refractivity contribution in [2.75, 3.05) is 24.4 Å². The van der Waals surface area contributed by atoms with Gasteiger partial charge >= 0.3 is 0 Å². The molecule has 6 nitrogen and oxygen atoms in total. The number of methoxy groups -OCH3 is 1. The van der Waals surface area contributed by atoms with Gasteiger partial charge < -0.3 is 14.2 Å². The van der Waals surface area contributed by atoms with Crippen LogP contribution in [0.4, 0.5) is 5.69 Å². The maximum Gasteiger partial charge on any atom is 0.237 e. The monoisotopic (exact) mass is 424 g/mol. The SMILES string of the molecule is COCCn1c(Cc2ccccc2)nnc1SCC(=O)N(c1ccccc1)C(C)C. The number of para-hydroxylation sites is 1. The highest BCUT2D eigenvalue weighted by Gasteiger charge is 2.21. The summed E-state index contributed by atoms with van der Waals surface area (Å²) in [6, 6.07) is 20.0. The fourth-order valence-corrected chi connectivity index (χ4v) is 4.10. The Hall–Kier alpha value is -2.64. The van der Waals surface area contributed by atoms with Crippen LogP contribution in [-0.2, 0) is 22.5 Å². The molecule has 0 N–H and O–H groups in total. The van der Waals surface area contributed by atoms with Crippen molar-refractivity contribution in [1.29, 1.82) is 0 Å². The molecule has 3 aromatic rings. The second-order valence-corrected chi connectivity index (χ2v) is 8.13. The number of ether oxygens (including phenoxy) is 1. The topological polar surface area (TPSA) is 60.2 Å².